The molecule has 8 heteroatoms. The summed E-state index contributed by atoms with van der Waals surface area (Å²) in [4.78, 5) is 7.37. The summed E-state index contributed by atoms with van der Waals surface area (Å²) in [6.07, 6.45) is 18.0. The van der Waals surface area contributed by atoms with Crippen LogP contribution in [0.3, 0.4) is 0 Å². The topological polar surface area (TPSA) is 87.0 Å². The second kappa shape index (κ2) is 13.2. The van der Waals surface area contributed by atoms with Crippen LogP contribution < -0.4 is 0 Å². The molecule has 0 radical (unpaired) electrons. The molecule has 0 fully saturated rings. The number of unbranched alkanes of at least 4 members (excludes halogenated alkanes) is 5. The van der Waals surface area contributed by atoms with Crippen LogP contribution in [0.1, 0.15) is 70.4 Å². The minimum atomic E-state index is -4.41. The number of allylic oxidation sites excluding steroid dienone is 4. The predicted molar refractivity (Wildman–Crippen MR) is 150 cm³/mol. The van der Waals surface area contributed by atoms with Crippen molar-refractivity contribution >= 4 is 31.8 Å². The Kier molecular flexibility index (Phi) is 10.3. The molecule has 2 aliphatic rings. The zero-order valence-corrected chi connectivity index (χ0v) is 23.1. The van der Waals surface area contributed by atoms with Crippen LogP contribution in [0.25, 0.3) is 0 Å². The van der Waals surface area contributed by atoms with Crippen molar-refractivity contribution < 1.29 is 17.2 Å². The Morgan fingerprint density at radius 3 is 2.33 bits per heavy atom. The van der Waals surface area contributed by atoms with Crippen LogP contribution in [0.2, 0.25) is 0 Å². The number of para-hydroxylation sites is 1. The van der Waals surface area contributed by atoms with Crippen molar-refractivity contribution in [3.05, 3.63) is 81.6 Å². The Balaban J connectivity index is 1.96. The van der Waals surface area contributed by atoms with E-state index < -0.39 is 20.9 Å². The highest BCUT2D eigenvalue weighted by molar-refractivity contribution is 8.04. The van der Waals surface area contributed by atoms with Gasteiger partial charge in [-0.05, 0) is 30.4 Å². The Bertz CT molecular complexity index is 1190. The quantitative estimate of drug-likeness (QED) is 0.189. The van der Waals surface area contributed by atoms with Crippen LogP contribution in [0.15, 0.2) is 70.2 Å². The first-order chi connectivity index (χ1) is 17.3. The van der Waals surface area contributed by atoms with Crippen molar-refractivity contribution in [2.24, 2.45) is 4.99 Å². The molecule has 0 saturated heterocycles. The standard InChI is InChI=1S/C28H37N2O4S2/c1-4-7-8-9-10-13-19-30-21-25(20-24-15-11-12-18-26(24)36(32,33)34)35(31)28(30)29-27-22(5-2)16-14-17-23(27)6-3/h11-12,14-18,20-21H,4-10,13,19H2,1-3H3,(H,32,33,34)/q-1. The molecule has 0 amide bonds. The van der Waals surface area contributed by atoms with Gasteiger partial charge in [0.1, 0.15) is 10.8 Å². The summed E-state index contributed by atoms with van der Waals surface area (Å²) < 4.78 is 47.1. The molecule has 1 aromatic carbocycles. The molecule has 1 unspecified atom stereocenters. The smallest absolute Gasteiger partial charge is 0.258 e. The lowest BCUT2D eigenvalue weighted by Crippen LogP contribution is -2.25. The lowest BCUT2D eigenvalue weighted by molar-refractivity contribution is 0.487. The summed E-state index contributed by atoms with van der Waals surface area (Å²) in [6, 6.07) is 6.14. The Morgan fingerprint density at radius 1 is 1.03 bits per heavy atom. The molecule has 0 spiro atoms. The number of aryl methyl sites for hydroxylation is 2. The van der Waals surface area contributed by atoms with Crippen LogP contribution in [0, 0.1) is 5.25 Å². The molecule has 36 heavy (non-hydrogen) atoms. The van der Waals surface area contributed by atoms with E-state index in [4.69, 9.17) is 4.99 Å². The second-order valence-electron chi connectivity index (χ2n) is 8.94. The van der Waals surface area contributed by atoms with E-state index in [-0.39, 0.29) is 5.25 Å². The lowest BCUT2D eigenvalue weighted by Gasteiger charge is -2.21. The molecule has 1 atom stereocenters. The van der Waals surface area contributed by atoms with Crippen molar-refractivity contribution in [3.63, 3.8) is 0 Å². The number of benzene rings is 1. The zero-order chi connectivity index (χ0) is 26.1. The van der Waals surface area contributed by atoms with Gasteiger partial charge >= 0.3 is 0 Å². The summed E-state index contributed by atoms with van der Waals surface area (Å²) >= 11 is 0. The van der Waals surface area contributed by atoms with Crippen LogP contribution in [0.4, 0.5) is 5.69 Å². The predicted octanol–water partition coefficient (Wildman–Crippen LogP) is 6.54. The molecule has 1 aliphatic carbocycles. The Hall–Kier alpha value is -2.42. The molecule has 1 heterocycles. The third-order valence-corrected chi connectivity index (χ3v) is 8.56. The molecular formula is C28H37N2O4S2-. The van der Waals surface area contributed by atoms with E-state index in [1.165, 1.54) is 31.8 Å². The monoisotopic (exact) mass is 529 g/mol. The van der Waals surface area contributed by atoms with E-state index in [2.05, 4.69) is 32.9 Å². The minimum absolute atomic E-state index is 0.208. The summed E-state index contributed by atoms with van der Waals surface area (Å²) in [6.45, 7) is 7.05. The Labute approximate surface area is 218 Å². The van der Waals surface area contributed by atoms with Crippen molar-refractivity contribution in [3.8, 4) is 0 Å². The number of nitrogens with zero attached hydrogens (tertiary/aromatic N) is 2. The van der Waals surface area contributed by atoms with Gasteiger partial charge in [-0.25, -0.2) is 17.6 Å². The fourth-order valence-electron chi connectivity index (χ4n) is 4.33. The highest BCUT2D eigenvalue weighted by Crippen LogP contribution is 2.32. The number of hydrogen-bond donors (Lipinski definition) is 1. The molecule has 1 aliphatic heterocycles. The Morgan fingerprint density at radius 2 is 1.69 bits per heavy atom. The normalized spacial score (nSPS) is 20.1. The van der Waals surface area contributed by atoms with Gasteiger partial charge in [-0.3, -0.25) is 4.55 Å². The summed E-state index contributed by atoms with van der Waals surface area (Å²) in [5, 5.41) is 0.259. The third-order valence-electron chi connectivity index (χ3n) is 6.33. The molecule has 1 aromatic rings. The SMILES string of the molecule is CCCCCCCCN1C=C(C=C2C=CC=C[C-]2S(=O)(=O)O)S(=O)C1=Nc1c(CC)cccc1CC. The van der Waals surface area contributed by atoms with Gasteiger partial charge in [0.15, 0.2) is 0 Å². The van der Waals surface area contributed by atoms with Crippen LogP contribution >= 0.6 is 0 Å². The average molecular weight is 530 g/mol. The maximum atomic E-state index is 13.7. The molecule has 0 bridgehead atoms. The largest absolute Gasteiger partial charge is 0.325 e. The van der Waals surface area contributed by atoms with Gasteiger partial charge in [0, 0.05) is 22.9 Å². The van der Waals surface area contributed by atoms with Crippen LogP contribution in [0.5, 0.6) is 0 Å². The summed E-state index contributed by atoms with van der Waals surface area (Å²) in [7, 11) is -6.00. The first-order valence-electron chi connectivity index (χ1n) is 12.8. The van der Waals surface area contributed by atoms with E-state index in [9.17, 15) is 17.2 Å². The molecule has 0 aromatic heterocycles. The van der Waals surface area contributed by atoms with Gasteiger partial charge in [0.2, 0.25) is 5.17 Å². The van der Waals surface area contributed by atoms with Crippen LogP contribution in [-0.2, 0) is 33.8 Å². The lowest BCUT2D eigenvalue weighted by atomic mass is 10.0. The van der Waals surface area contributed by atoms with Gasteiger partial charge in [-0.2, -0.15) is 0 Å². The highest BCUT2D eigenvalue weighted by Gasteiger charge is 2.28. The minimum Gasteiger partial charge on any atom is -0.325 e. The fraction of sp³-hybridized carbons (Fsp3) is 0.429. The van der Waals surface area contributed by atoms with Crippen LogP contribution in [-0.4, -0.2) is 33.8 Å². The van der Waals surface area contributed by atoms with Crippen molar-refractivity contribution in [2.45, 2.75) is 72.1 Å². The number of aliphatic imine (C=N–C) groups is 1. The maximum absolute atomic E-state index is 13.7. The highest BCUT2D eigenvalue weighted by atomic mass is 32.2. The fourth-order valence-corrected chi connectivity index (χ4v) is 6.20. The molecule has 3 rings (SSSR count). The van der Waals surface area contributed by atoms with E-state index in [0.29, 0.717) is 22.2 Å². The zero-order valence-electron chi connectivity index (χ0n) is 21.4. The van der Waals surface area contributed by atoms with E-state index in [0.717, 1.165) is 42.5 Å². The van der Waals surface area contributed by atoms with Gasteiger partial charge in [-0.1, -0.05) is 71.1 Å². The van der Waals surface area contributed by atoms with E-state index >= 15 is 0 Å². The second-order valence-corrected chi connectivity index (χ2v) is 11.7. The van der Waals surface area contributed by atoms with Gasteiger partial charge in [0.25, 0.3) is 10.1 Å². The van der Waals surface area contributed by atoms with Crippen molar-refractivity contribution in [1.82, 2.24) is 4.90 Å². The average Bonchev–Trinajstić information content (AvgIpc) is 3.15. The molecule has 196 valence electrons. The summed E-state index contributed by atoms with van der Waals surface area (Å²) in [5.41, 5.74) is 3.37. The molecule has 0 saturated carbocycles. The molecule has 6 nitrogen and oxygen atoms in total. The number of hydrogen-bond acceptors (Lipinski definition) is 4. The van der Waals surface area contributed by atoms with E-state index in [1.807, 2.05) is 17.2 Å². The number of rotatable bonds is 12. The summed E-state index contributed by atoms with van der Waals surface area (Å²) in [5.74, 6) is 0. The first kappa shape index (κ1) is 28.2. The number of amidine groups is 1. The van der Waals surface area contributed by atoms with Gasteiger partial charge in [-0.15, -0.1) is 36.0 Å². The molecule has 1 N–H and O–H groups in total. The first-order valence-corrected chi connectivity index (χ1v) is 15.4. The van der Waals surface area contributed by atoms with E-state index in [1.54, 1.807) is 24.3 Å². The van der Waals surface area contributed by atoms with Crippen molar-refractivity contribution in [2.75, 3.05) is 6.54 Å². The molecular weight excluding hydrogens is 492 g/mol. The van der Waals surface area contributed by atoms with Crippen molar-refractivity contribution in [1.29, 1.82) is 0 Å². The van der Waals surface area contributed by atoms with Gasteiger partial charge in [0.05, 0.1) is 5.69 Å². The third kappa shape index (κ3) is 7.08. The maximum Gasteiger partial charge on any atom is 0.258 e. The van der Waals surface area contributed by atoms with Gasteiger partial charge < -0.3 is 4.90 Å².